The van der Waals surface area contributed by atoms with Crippen molar-refractivity contribution in [2.45, 2.75) is 147 Å². The van der Waals surface area contributed by atoms with Crippen molar-refractivity contribution in [2.75, 3.05) is 60.0 Å². The Hall–Kier alpha value is -0.210. The molecule has 1 aliphatic carbocycles. The molecule has 0 N–H and O–H groups in total. The zero-order valence-corrected chi connectivity index (χ0v) is 34.3. The summed E-state index contributed by atoms with van der Waals surface area (Å²) in [5.41, 5.74) is 1.59. The molecule has 3 aliphatic rings. The van der Waals surface area contributed by atoms with Gasteiger partial charge in [-0.05, 0) is 71.5 Å². The van der Waals surface area contributed by atoms with Crippen molar-refractivity contribution in [3.63, 3.8) is 0 Å². The Morgan fingerprint density at radius 2 is 1.02 bits per heavy atom. The number of ether oxygens (including phenoxy) is 3. The first-order chi connectivity index (χ1) is 20.9. The van der Waals surface area contributed by atoms with Crippen molar-refractivity contribution >= 4 is 10.0 Å². The predicted molar refractivity (Wildman–Crippen MR) is 199 cm³/mol. The molecular formula is C39H81NO5S. The number of sulfonamides is 1. The van der Waals surface area contributed by atoms with Crippen LogP contribution in [0, 0.1) is 45.3 Å². The van der Waals surface area contributed by atoms with E-state index in [1.807, 2.05) is 0 Å². The number of rotatable bonds is 5. The summed E-state index contributed by atoms with van der Waals surface area (Å²) in [5, 5.41) is 0. The lowest BCUT2D eigenvalue weighted by molar-refractivity contribution is 0.0289. The van der Waals surface area contributed by atoms with Gasteiger partial charge in [-0.2, -0.15) is 0 Å². The van der Waals surface area contributed by atoms with E-state index in [-0.39, 0.29) is 5.41 Å². The van der Waals surface area contributed by atoms with E-state index in [1.54, 1.807) is 18.5 Å². The van der Waals surface area contributed by atoms with Crippen LogP contribution in [0.25, 0.3) is 0 Å². The summed E-state index contributed by atoms with van der Waals surface area (Å²) in [6.07, 6.45) is 14.9. The molecule has 7 heteroatoms. The van der Waals surface area contributed by atoms with Gasteiger partial charge in [0.1, 0.15) is 0 Å². The minimum atomic E-state index is -2.96. The SMILES string of the molecule is CC(C)(C)C1CCCCCCC1.CC(C)(C)C1CCN(S(C)(=O)=O)CC1.CC(C)(C)C1CCOC1.COCC(COC)C(C)(C)C. The molecule has 2 heterocycles. The van der Waals surface area contributed by atoms with Crippen LogP contribution in [0.3, 0.4) is 0 Å². The van der Waals surface area contributed by atoms with Gasteiger partial charge in [0.05, 0.1) is 19.5 Å². The minimum absolute atomic E-state index is 0.270. The molecule has 3 fully saturated rings. The average molecular weight is 676 g/mol. The Balaban J connectivity index is 0.000000594. The Labute approximate surface area is 288 Å². The van der Waals surface area contributed by atoms with Crippen molar-refractivity contribution in [1.29, 1.82) is 0 Å². The average Bonchev–Trinajstić information content (AvgIpc) is 3.43. The van der Waals surface area contributed by atoms with Gasteiger partial charge in [-0.25, -0.2) is 12.7 Å². The Bertz CT molecular complexity index is 848. The Morgan fingerprint density at radius 1 is 0.630 bits per heavy atom. The topological polar surface area (TPSA) is 65.1 Å². The number of nitrogens with zero attached hydrogens (tertiary/aromatic N) is 1. The van der Waals surface area contributed by atoms with E-state index in [1.165, 1.54) is 57.6 Å². The van der Waals surface area contributed by atoms with Crippen LogP contribution in [0.4, 0.5) is 0 Å². The first-order valence-electron chi connectivity index (χ1n) is 18.4. The van der Waals surface area contributed by atoms with Gasteiger partial charge in [0.2, 0.25) is 10.0 Å². The Morgan fingerprint density at radius 3 is 1.30 bits per heavy atom. The van der Waals surface area contributed by atoms with E-state index in [9.17, 15) is 8.42 Å². The molecule has 46 heavy (non-hydrogen) atoms. The normalized spacial score (nSPS) is 21.6. The van der Waals surface area contributed by atoms with Crippen molar-refractivity contribution in [2.24, 2.45) is 45.3 Å². The molecule has 2 saturated heterocycles. The summed E-state index contributed by atoms with van der Waals surface area (Å²) in [5.74, 6) is 2.91. The number of methoxy groups -OCH3 is 2. The maximum Gasteiger partial charge on any atom is 0.211 e. The molecule has 0 amide bonds. The van der Waals surface area contributed by atoms with Gasteiger partial charge >= 0.3 is 0 Å². The molecule has 1 saturated carbocycles. The lowest BCUT2D eigenvalue weighted by Crippen LogP contribution is -2.40. The highest BCUT2D eigenvalue weighted by Crippen LogP contribution is 2.36. The number of hydrogen-bond donors (Lipinski definition) is 0. The molecule has 2 aliphatic heterocycles. The summed E-state index contributed by atoms with van der Waals surface area (Å²) in [6, 6.07) is 0. The smallest absolute Gasteiger partial charge is 0.211 e. The molecule has 6 nitrogen and oxygen atoms in total. The predicted octanol–water partition coefficient (Wildman–Crippen LogP) is 10.1. The first-order valence-corrected chi connectivity index (χ1v) is 20.3. The molecule has 0 aromatic rings. The van der Waals surface area contributed by atoms with Gasteiger partial charge in [0.15, 0.2) is 0 Å². The van der Waals surface area contributed by atoms with Gasteiger partial charge in [-0.3, -0.25) is 0 Å². The largest absolute Gasteiger partial charge is 0.384 e. The van der Waals surface area contributed by atoms with E-state index >= 15 is 0 Å². The van der Waals surface area contributed by atoms with Crippen molar-refractivity contribution < 1.29 is 22.6 Å². The third-order valence-corrected chi connectivity index (χ3v) is 11.9. The highest BCUT2D eigenvalue weighted by molar-refractivity contribution is 7.88. The summed E-state index contributed by atoms with van der Waals surface area (Å²) >= 11 is 0. The summed E-state index contributed by atoms with van der Waals surface area (Å²) < 4.78 is 39.6. The van der Waals surface area contributed by atoms with E-state index in [0.717, 1.165) is 51.1 Å². The van der Waals surface area contributed by atoms with Crippen molar-refractivity contribution in [3.05, 3.63) is 0 Å². The molecule has 278 valence electrons. The van der Waals surface area contributed by atoms with Crippen LogP contribution in [-0.2, 0) is 24.2 Å². The fourth-order valence-corrected chi connectivity index (χ4v) is 7.42. The monoisotopic (exact) mass is 676 g/mol. The molecule has 3 rings (SSSR count). The molecule has 0 aromatic heterocycles. The maximum absolute atomic E-state index is 11.3. The van der Waals surface area contributed by atoms with Crippen LogP contribution < -0.4 is 0 Å². The molecule has 0 bridgehead atoms. The van der Waals surface area contributed by atoms with Gasteiger partial charge in [0.25, 0.3) is 0 Å². The highest BCUT2D eigenvalue weighted by atomic mass is 32.2. The van der Waals surface area contributed by atoms with Crippen LogP contribution >= 0.6 is 0 Å². The van der Waals surface area contributed by atoms with Gasteiger partial charge in [-0.1, -0.05) is 115 Å². The standard InChI is InChI=1S/C12H24.C10H21NO2S.C9H20O2.C8H16O/c1-12(2,3)11-9-7-5-4-6-8-10-11;1-10(2,3)9-5-7-11(8-6-9)14(4,12)13;1-9(2,3)8(6-10-4)7-11-5;1-8(2,3)7-4-5-9-6-7/h11H,4-10H2,1-3H3;9H,5-8H2,1-4H3;8H,6-7H2,1-5H3;7H,4-6H2,1-3H3. The third kappa shape index (κ3) is 20.3. The lowest BCUT2D eigenvalue weighted by Gasteiger charge is -2.37. The van der Waals surface area contributed by atoms with Gasteiger partial charge < -0.3 is 14.2 Å². The zero-order valence-electron chi connectivity index (χ0n) is 33.5. The van der Waals surface area contributed by atoms with Crippen molar-refractivity contribution in [1.82, 2.24) is 4.31 Å². The summed E-state index contributed by atoms with van der Waals surface area (Å²) in [7, 11) is 0.500. The quantitative estimate of drug-likeness (QED) is 0.290. The third-order valence-electron chi connectivity index (χ3n) is 10.6. The molecule has 0 spiro atoms. The summed E-state index contributed by atoms with van der Waals surface area (Å²) in [6.45, 7) is 32.3. The molecule has 1 atom stereocenters. The van der Waals surface area contributed by atoms with E-state index in [4.69, 9.17) is 14.2 Å². The molecular weight excluding hydrogens is 594 g/mol. The van der Waals surface area contributed by atoms with E-state index in [0.29, 0.717) is 41.2 Å². The lowest BCUT2D eigenvalue weighted by atomic mass is 9.74. The van der Waals surface area contributed by atoms with Crippen molar-refractivity contribution in [3.8, 4) is 0 Å². The van der Waals surface area contributed by atoms with Crippen LogP contribution in [0.5, 0.6) is 0 Å². The van der Waals surface area contributed by atoms with Crippen LogP contribution in [0.1, 0.15) is 147 Å². The highest BCUT2D eigenvalue weighted by Gasteiger charge is 2.31. The number of piperidine rings is 1. The fourth-order valence-electron chi connectivity index (χ4n) is 6.54. The zero-order chi connectivity index (χ0) is 35.8. The first kappa shape index (κ1) is 45.8. The molecule has 1 unspecified atom stereocenters. The van der Waals surface area contributed by atoms with E-state index < -0.39 is 10.0 Å². The maximum atomic E-state index is 11.3. The summed E-state index contributed by atoms with van der Waals surface area (Å²) in [4.78, 5) is 0. The van der Waals surface area contributed by atoms with Crippen LogP contribution in [-0.4, -0.2) is 72.7 Å². The van der Waals surface area contributed by atoms with Crippen LogP contribution in [0.15, 0.2) is 0 Å². The minimum Gasteiger partial charge on any atom is -0.384 e. The second-order valence-corrected chi connectivity index (χ2v) is 20.6. The number of hydrogen-bond acceptors (Lipinski definition) is 5. The van der Waals surface area contributed by atoms with Gasteiger partial charge in [0, 0.05) is 46.4 Å². The fraction of sp³-hybridized carbons (Fsp3) is 1.00. The Kier molecular flexibility index (Phi) is 21.0. The van der Waals surface area contributed by atoms with E-state index in [2.05, 4.69) is 83.1 Å². The molecule has 0 radical (unpaired) electrons. The van der Waals surface area contributed by atoms with Crippen LogP contribution in [0.2, 0.25) is 0 Å². The molecule has 0 aromatic carbocycles. The second kappa shape index (κ2) is 21.1. The van der Waals surface area contributed by atoms with Gasteiger partial charge in [-0.15, -0.1) is 0 Å². The second-order valence-electron chi connectivity index (χ2n) is 18.6.